The van der Waals surface area contributed by atoms with Gasteiger partial charge in [-0.2, -0.15) is 0 Å². The molecule has 0 bridgehead atoms. The molecule has 9 nitrogen and oxygen atoms in total. The fraction of sp³-hybridized carbons (Fsp3) is 0.133. The van der Waals surface area contributed by atoms with Crippen LogP contribution >= 0.6 is 0 Å². The fourth-order valence-corrected chi connectivity index (χ4v) is 2.18. The van der Waals surface area contributed by atoms with Crippen LogP contribution < -0.4 is 10.9 Å². The third kappa shape index (κ3) is 3.14. The van der Waals surface area contributed by atoms with Crippen molar-refractivity contribution in [2.24, 2.45) is 0 Å². The van der Waals surface area contributed by atoms with Gasteiger partial charge in [-0.15, -0.1) is 5.10 Å². The molecule has 3 aromatic rings. The van der Waals surface area contributed by atoms with Gasteiger partial charge in [0.25, 0.3) is 11.8 Å². The highest BCUT2D eigenvalue weighted by atomic mass is 16.3. The number of furan rings is 1. The number of aryl methyl sites for hydroxylation is 2. The zero-order valence-electron chi connectivity index (χ0n) is 13.0. The standard InChI is InChI=1S/C15H14N6O3/c1-9-6-13(10(2)24-9)15(23)18-17-14(22)11-4-3-5-12(7-11)21-8-16-19-20-21/h3-8H,1-2H3,(H,17,22)(H,18,23). The molecular formula is C15H14N6O3. The van der Waals surface area contributed by atoms with Crippen LogP contribution in [0, 0.1) is 13.8 Å². The summed E-state index contributed by atoms with van der Waals surface area (Å²) < 4.78 is 6.71. The lowest BCUT2D eigenvalue weighted by Crippen LogP contribution is -2.41. The van der Waals surface area contributed by atoms with Crippen LogP contribution in [0.15, 0.2) is 41.1 Å². The summed E-state index contributed by atoms with van der Waals surface area (Å²) in [5.41, 5.74) is 6.07. The van der Waals surface area contributed by atoms with Gasteiger partial charge in [-0.1, -0.05) is 6.07 Å². The van der Waals surface area contributed by atoms with Gasteiger partial charge >= 0.3 is 0 Å². The lowest BCUT2D eigenvalue weighted by molar-refractivity contribution is 0.0845. The van der Waals surface area contributed by atoms with Crippen LogP contribution in [0.5, 0.6) is 0 Å². The third-order valence-corrected chi connectivity index (χ3v) is 3.30. The highest BCUT2D eigenvalue weighted by molar-refractivity contribution is 5.99. The molecule has 0 aliphatic carbocycles. The predicted octanol–water partition coefficient (Wildman–Crippen LogP) is 0.947. The molecule has 0 spiro atoms. The summed E-state index contributed by atoms with van der Waals surface area (Å²) in [6.45, 7) is 3.42. The second kappa shape index (κ2) is 6.32. The van der Waals surface area contributed by atoms with Crippen molar-refractivity contribution in [1.82, 2.24) is 31.1 Å². The van der Waals surface area contributed by atoms with E-state index in [0.717, 1.165) is 0 Å². The van der Waals surface area contributed by atoms with Crippen LogP contribution in [0.3, 0.4) is 0 Å². The number of hydrogen-bond acceptors (Lipinski definition) is 6. The highest BCUT2D eigenvalue weighted by Gasteiger charge is 2.15. The largest absolute Gasteiger partial charge is 0.466 e. The first-order valence-electron chi connectivity index (χ1n) is 7.06. The quantitative estimate of drug-likeness (QED) is 0.692. The molecule has 1 aromatic carbocycles. The molecule has 0 aliphatic heterocycles. The predicted molar refractivity (Wildman–Crippen MR) is 82.3 cm³/mol. The normalized spacial score (nSPS) is 10.4. The molecule has 9 heteroatoms. The minimum Gasteiger partial charge on any atom is -0.466 e. The Kier molecular flexibility index (Phi) is 4.06. The number of nitrogens with one attached hydrogen (secondary N) is 2. The topological polar surface area (TPSA) is 115 Å². The van der Waals surface area contributed by atoms with Gasteiger partial charge in [0.05, 0.1) is 11.3 Å². The summed E-state index contributed by atoms with van der Waals surface area (Å²) in [6.07, 6.45) is 1.42. The molecule has 2 N–H and O–H groups in total. The maximum absolute atomic E-state index is 12.2. The van der Waals surface area contributed by atoms with Gasteiger partial charge in [0.15, 0.2) is 0 Å². The van der Waals surface area contributed by atoms with E-state index in [0.29, 0.717) is 28.3 Å². The molecule has 0 aliphatic rings. The first-order valence-corrected chi connectivity index (χ1v) is 7.06. The molecule has 24 heavy (non-hydrogen) atoms. The second-order valence-corrected chi connectivity index (χ2v) is 5.04. The van der Waals surface area contributed by atoms with E-state index in [2.05, 4.69) is 26.4 Å². The zero-order chi connectivity index (χ0) is 17.1. The molecule has 0 atom stereocenters. The third-order valence-electron chi connectivity index (χ3n) is 3.30. The first kappa shape index (κ1) is 15.4. The first-order chi connectivity index (χ1) is 11.5. The summed E-state index contributed by atoms with van der Waals surface area (Å²) in [6, 6.07) is 8.27. The Bertz CT molecular complexity index is 885. The van der Waals surface area contributed by atoms with Gasteiger partial charge in [0.2, 0.25) is 0 Å². The minimum atomic E-state index is -0.462. The summed E-state index contributed by atoms with van der Waals surface area (Å²) in [5, 5.41) is 10.8. The van der Waals surface area contributed by atoms with E-state index in [1.807, 2.05) is 0 Å². The number of hydrogen-bond donors (Lipinski definition) is 2. The minimum absolute atomic E-state index is 0.350. The second-order valence-electron chi connectivity index (χ2n) is 5.04. The highest BCUT2D eigenvalue weighted by Crippen LogP contribution is 2.13. The van der Waals surface area contributed by atoms with Crippen molar-refractivity contribution < 1.29 is 14.0 Å². The zero-order valence-corrected chi connectivity index (χ0v) is 13.0. The van der Waals surface area contributed by atoms with Gasteiger partial charge < -0.3 is 4.42 Å². The van der Waals surface area contributed by atoms with Gasteiger partial charge in [-0.05, 0) is 48.5 Å². The van der Waals surface area contributed by atoms with Crippen LogP contribution in [0.25, 0.3) is 5.69 Å². The Hall–Kier alpha value is -3.49. The number of hydrazine groups is 1. The molecule has 0 fully saturated rings. The van der Waals surface area contributed by atoms with Crippen molar-refractivity contribution in [2.45, 2.75) is 13.8 Å². The molecular weight excluding hydrogens is 312 g/mol. The maximum atomic E-state index is 12.2. The smallest absolute Gasteiger partial charge is 0.273 e. The van der Waals surface area contributed by atoms with Gasteiger partial charge in [-0.25, -0.2) is 4.68 Å². The van der Waals surface area contributed by atoms with E-state index in [4.69, 9.17) is 4.42 Å². The fourth-order valence-electron chi connectivity index (χ4n) is 2.18. The van der Waals surface area contributed by atoms with Crippen LogP contribution in [0.1, 0.15) is 32.2 Å². The van der Waals surface area contributed by atoms with Gasteiger partial charge in [0, 0.05) is 5.56 Å². The van der Waals surface area contributed by atoms with Crippen LogP contribution in [-0.2, 0) is 0 Å². The molecule has 0 saturated heterocycles. The van der Waals surface area contributed by atoms with E-state index in [1.54, 1.807) is 44.2 Å². The number of carbonyl (C=O) groups is 2. The molecule has 0 unspecified atom stereocenters. The summed E-state index contributed by atoms with van der Waals surface area (Å²) in [4.78, 5) is 24.2. The van der Waals surface area contributed by atoms with Crippen molar-refractivity contribution in [3.63, 3.8) is 0 Å². The summed E-state index contributed by atoms with van der Waals surface area (Å²) >= 11 is 0. The van der Waals surface area contributed by atoms with E-state index in [-0.39, 0.29) is 0 Å². The van der Waals surface area contributed by atoms with Crippen LogP contribution in [-0.4, -0.2) is 32.0 Å². The molecule has 3 rings (SSSR count). The van der Waals surface area contributed by atoms with Crippen LogP contribution in [0.4, 0.5) is 0 Å². The Morgan fingerprint density at radius 1 is 1.12 bits per heavy atom. The number of carbonyl (C=O) groups excluding carboxylic acids is 2. The average molecular weight is 326 g/mol. The van der Waals surface area contributed by atoms with E-state index in [9.17, 15) is 9.59 Å². The molecule has 2 amide bonds. The van der Waals surface area contributed by atoms with E-state index >= 15 is 0 Å². The summed E-state index contributed by atoms with van der Waals surface area (Å²) in [5.74, 6) is 0.198. The molecule has 2 aromatic heterocycles. The average Bonchev–Trinajstić information content (AvgIpc) is 3.22. The van der Waals surface area contributed by atoms with Gasteiger partial charge in [-0.3, -0.25) is 20.4 Å². The number of tetrazole rings is 1. The van der Waals surface area contributed by atoms with E-state index < -0.39 is 11.8 Å². The lowest BCUT2D eigenvalue weighted by atomic mass is 10.2. The SMILES string of the molecule is Cc1cc(C(=O)NNC(=O)c2cccc(-n3cnnn3)c2)c(C)o1. The van der Waals surface area contributed by atoms with Crippen LogP contribution in [0.2, 0.25) is 0 Å². The Balaban J connectivity index is 1.68. The number of nitrogens with zero attached hydrogens (tertiary/aromatic N) is 4. The molecule has 0 saturated carbocycles. The number of aromatic nitrogens is 4. The Morgan fingerprint density at radius 3 is 2.58 bits per heavy atom. The Morgan fingerprint density at radius 2 is 1.92 bits per heavy atom. The van der Waals surface area contributed by atoms with Crippen molar-refractivity contribution >= 4 is 11.8 Å². The molecule has 2 heterocycles. The molecule has 122 valence electrons. The lowest BCUT2D eigenvalue weighted by Gasteiger charge is -2.08. The maximum Gasteiger partial charge on any atom is 0.273 e. The van der Waals surface area contributed by atoms with Crippen molar-refractivity contribution in [1.29, 1.82) is 0 Å². The number of amides is 2. The molecule has 0 radical (unpaired) electrons. The van der Waals surface area contributed by atoms with Crippen molar-refractivity contribution in [3.8, 4) is 5.69 Å². The van der Waals surface area contributed by atoms with Crippen molar-refractivity contribution in [2.75, 3.05) is 0 Å². The van der Waals surface area contributed by atoms with E-state index in [1.165, 1.54) is 11.0 Å². The van der Waals surface area contributed by atoms with Crippen molar-refractivity contribution in [3.05, 3.63) is 59.3 Å². The monoisotopic (exact) mass is 326 g/mol. The Labute approximate surface area is 136 Å². The van der Waals surface area contributed by atoms with Gasteiger partial charge in [0.1, 0.15) is 17.8 Å². The summed E-state index contributed by atoms with van der Waals surface area (Å²) in [7, 11) is 0. The number of rotatable bonds is 3. The number of benzene rings is 1.